The van der Waals surface area contributed by atoms with Crippen LogP contribution in [0.5, 0.6) is 0 Å². The Labute approximate surface area is 145 Å². The highest BCUT2D eigenvalue weighted by Crippen LogP contribution is 2.20. The Morgan fingerprint density at radius 3 is 2.40 bits per heavy atom. The molecule has 134 valence electrons. The molecule has 8 nitrogen and oxygen atoms in total. The summed E-state index contributed by atoms with van der Waals surface area (Å²) in [6.07, 6.45) is -1.04. The molecule has 25 heavy (non-hydrogen) atoms. The van der Waals surface area contributed by atoms with Crippen LogP contribution in [-0.4, -0.2) is 39.1 Å². The van der Waals surface area contributed by atoms with Gasteiger partial charge in [0, 0.05) is 38.5 Å². The quantitative estimate of drug-likeness (QED) is 0.570. The third-order valence-corrected chi connectivity index (χ3v) is 5.02. The summed E-state index contributed by atoms with van der Waals surface area (Å²) < 4.78 is 26.7. The van der Waals surface area contributed by atoms with E-state index in [2.05, 4.69) is 4.72 Å². The van der Waals surface area contributed by atoms with E-state index in [0.717, 1.165) is 11.8 Å². The van der Waals surface area contributed by atoms with Gasteiger partial charge in [-0.2, -0.15) is 0 Å². The molecule has 0 aliphatic rings. The van der Waals surface area contributed by atoms with Crippen LogP contribution in [0.3, 0.4) is 0 Å². The molecule has 0 aliphatic heterocycles. The molecule has 0 radical (unpaired) electrons. The first-order valence-corrected chi connectivity index (χ1v) is 8.88. The smallest absolute Gasteiger partial charge is 0.270 e. The molecule has 0 bridgehead atoms. The molecule has 0 amide bonds. The lowest BCUT2D eigenvalue weighted by Gasteiger charge is -2.16. The highest BCUT2D eigenvalue weighted by molar-refractivity contribution is 7.89. The van der Waals surface area contributed by atoms with Gasteiger partial charge in [0.2, 0.25) is 10.0 Å². The van der Waals surface area contributed by atoms with Crippen LogP contribution in [0.4, 0.5) is 11.4 Å². The van der Waals surface area contributed by atoms with Gasteiger partial charge in [0.15, 0.2) is 0 Å². The number of anilines is 1. The fourth-order valence-electron chi connectivity index (χ4n) is 2.15. The number of hydrogen-bond donors (Lipinski definition) is 2. The molecular weight excluding hydrogens is 346 g/mol. The number of sulfonamides is 1. The maximum atomic E-state index is 12.2. The SMILES string of the molecule is CN(C)c1ccc(C(O)CNS(=O)(=O)c2cccc([N+](=O)[O-])c2)cc1. The van der Waals surface area contributed by atoms with Crippen LogP contribution in [0.1, 0.15) is 11.7 Å². The number of benzene rings is 2. The Morgan fingerprint density at radius 1 is 1.20 bits per heavy atom. The minimum Gasteiger partial charge on any atom is -0.387 e. The monoisotopic (exact) mass is 365 g/mol. The Morgan fingerprint density at radius 2 is 1.84 bits per heavy atom. The molecule has 2 aromatic rings. The number of rotatable bonds is 7. The minimum absolute atomic E-state index is 0.225. The predicted molar refractivity (Wildman–Crippen MR) is 94.0 cm³/mol. The van der Waals surface area contributed by atoms with Gasteiger partial charge in [-0.15, -0.1) is 0 Å². The van der Waals surface area contributed by atoms with Crippen LogP contribution < -0.4 is 9.62 Å². The van der Waals surface area contributed by atoms with Crippen LogP contribution in [-0.2, 0) is 10.0 Å². The van der Waals surface area contributed by atoms with Crippen LogP contribution in [0.15, 0.2) is 53.4 Å². The van der Waals surface area contributed by atoms with Crippen molar-refractivity contribution in [1.82, 2.24) is 4.72 Å². The standard InChI is InChI=1S/C16H19N3O5S/c1-18(2)13-8-6-12(7-9-13)16(20)11-17-25(23,24)15-5-3-4-14(10-15)19(21)22/h3-10,16-17,20H,11H2,1-2H3. The van der Waals surface area contributed by atoms with E-state index in [0.29, 0.717) is 5.56 Å². The lowest BCUT2D eigenvalue weighted by atomic mass is 10.1. The Bertz CT molecular complexity index is 850. The number of aliphatic hydroxyl groups excluding tert-OH is 1. The summed E-state index contributed by atoms with van der Waals surface area (Å²) >= 11 is 0. The number of nitrogens with one attached hydrogen (secondary N) is 1. The molecule has 1 unspecified atom stereocenters. The van der Waals surface area contributed by atoms with Gasteiger partial charge in [-0.05, 0) is 23.8 Å². The zero-order valence-corrected chi connectivity index (χ0v) is 14.6. The number of nitro groups is 1. The predicted octanol–water partition coefficient (Wildman–Crippen LogP) is 1.67. The maximum Gasteiger partial charge on any atom is 0.270 e. The number of non-ortho nitro benzene ring substituents is 1. The van der Waals surface area contributed by atoms with Crippen molar-refractivity contribution in [2.45, 2.75) is 11.0 Å². The van der Waals surface area contributed by atoms with Crippen molar-refractivity contribution in [2.24, 2.45) is 0 Å². The second-order valence-electron chi connectivity index (χ2n) is 5.61. The zero-order chi connectivity index (χ0) is 18.6. The molecule has 0 aliphatic carbocycles. The molecular formula is C16H19N3O5S. The maximum absolute atomic E-state index is 12.2. The van der Waals surface area contributed by atoms with Gasteiger partial charge >= 0.3 is 0 Å². The Kier molecular flexibility index (Phi) is 5.73. The largest absolute Gasteiger partial charge is 0.387 e. The van der Waals surface area contributed by atoms with Crippen LogP contribution >= 0.6 is 0 Å². The van der Waals surface area contributed by atoms with E-state index >= 15 is 0 Å². The first-order chi connectivity index (χ1) is 11.7. The summed E-state index contributed by atoms with van der Waals surface area (Å²) in [4.78, 5) is 11.8. The fourth-order valence-corrected chi connectivity index (χ4v) is 3.23. The van der Waals surface area contributed by atoms with Gasteiger partial charge in [-0.1, -0.05) is 18.2 Å². The van der Waals surface area contributed by atoms with E-state index in [1.165, 1.54) is 18.2 Å². The summed E-state index contributed by atoms with van der Waals surface area (Å²) in [5, 5.41) is 20.9. The van der Waals surface area contributed by atoms with E-state index in [9.17, 15) is 23.6 Å². The van der Waals surface area contributed by atoms with Gasteiger partial charge in [0.05, 0.1) is 15.9 Å². The van der Waals surface area contributed by atoms with E-state index in [-0.39, 0.29) is 17.1 Å². The molecule has 1 atom stereocenters. The summed E-state index contributed by atoms with van der Waals surface area (Å²) in [6, 6.07) is 11.8. The average Bonchev–Trinajstić information content (AvgIpc) is 2.60. The highest BCUT2D eigenvalue weighted by atomic mass is 32.2. The van der Waals surface area contributed by atoms with Crippen molar-refractivity contribution in [3.05, 3.63) is 64.2 Å². The van der Waals surface area contributed by atoms with Gasteiger partial charge in [0.1, 0.15) is 0 Å². The summed E-state index contributed by atoms with van der Waals surface area (Å²) in [6.45, 7) is -0.244. The van der Waals surface area contributed by atoms with Gasteiger partial charge in [-0.3, -0.25) is 10.1 Å². The first-order valence-electron chi connectivity index (χ1n) is 7.40. The van der Waals surface area contributed by atoms with E-state index in [1.54, 1.807) is 12.1 Å². The molecule has 2 rings (SSSR count). The van der Waals surface area contributed by atoms with Crippen molar-refractivity contribution in [3.63, 3.8) is 0 Å². The van der Waals surface area contributed by atoms with Crippen molar-refractivity contribution >= 4 is 21.4 Å². The molecule has 0 heterocycles. The van der Waals surface area contributed by atoms with Crippen LogP contribution in [0, 0.1) is 10.1 Å². The van der Waals surface area contributed by atoms with Gasteiger partial charge < -0.3 is 10.0 Å². The molecule has 0 saturated carbocycles. The van der Waals surface area contributed by atoms with Crippen LogP contribution in [0.2, 0.25) is 0 Å². The molecule has 2 aromatic carbocycles. The second kappa shape index (κ2) is 7.60. The molecule has 0 fully saturated rings. The molecule has 9 heteroatoms. The zero-order valence-electron chi connectivity index (χ0n) is 13.8. The van der Waals surface area contributed by atoms with Gasteiger partial charge in [-0.25, -0.2) is 13.1 Å². The van der Waals surface area contributed by atoms with Gasteiger partial charge in [0.25, 0.3) is 5.69 Å². The molecule has 2 N–H and O–H groups in total. The fraction of sp³-hybridized carbons (Fsp3) is 0.250. The number of hydrogen-bond acceptors (Lipinski definition) is 6. The summed E-state index contributed by atoms with van der Waals surface area (Å²) in [7, 11) is -0.189. The summed E-state index contributed by atoms with van der Waals surface area (Å²) in [5.41, 5.74) is 1.20. The number of aliphatic hydroxyl groups is 1. The second-order valence-corrected chi connectivity index (χ2v) is 7.38. The van der Waals surface area contributed by atoms with E-state index in [4.69, 9.17) is 0 Å². The highest BCUT2D eigenvalue weighted by Gasteiger charge is 2.19. The Balaban J connectivity index is 2.08. The number of nitrogens with zero attached hydrogens (tertiary/aromatic N) is 2. The summed E-state index contributed by atoms with van der Waals surface area (Å²) in [5.74, 6) is 0. The third-order valence-electron chi connectivity index (χ3n) is 3.60. The van der Waals surface area contributed by atoms with E-state index in [1.807, 2.05) is 31.1 Å². The minimum atomic E-state index is -3.96. The van der Waals surface area contributed by atoms with Crippen LogP contribution in [0.25, 0.3) is 0 Å². The lowest BCUT2D eigenvalue weighted by molar-refractivity contribution is -0.385. The van der Waals surface area contributed by atoms with Crippen molar-refractivity contribution in [1.29, 1.82) is 0 Å². The van der Waals surface area contributed by atoms with Crippen molar-refractivity contribution in [2.75, 3.05) is 25.5 Å². The third kappa shape index (κ3) is 4.75. The lowest BCUT2D eigenvalue weighted by Crippen LogP contribution is -2.28. The van der Waals surface area contributed by atoms with Crippen molar-refractivity contribution < 1.29 is 18.4 Å². The van der Waals surface area contributed by atoms with E-state index < -0.39 is 21.1 Å². The Hall–Kier alpha value is -2.49. The number of nitro benzene ring substituents is 1. The normalized spacial score (nSPS) is 12.6. The molecule has 0 saturated heterocycles. The van der Waals surface area contributed by atoms with Crippen molar-refractivity contribution in [3.8, 4) is 0 Å². The average molecular weight is 365 g/mol. The molecule has 0 spiro atoms. The molecule has 0 aromatic heterocycles. The topological polar surface area (TPSA) is 113 Å². The first kappa shape index (κ1) is 18.8.